The Bertz CT molecular complexity index is 475. The van der Waals surface area contributed by atoms with Crippen LogP contribution in [0.5, 0.6) is 0 Å². The van der Waals surface area contributed by atoms with E-state index in [0.717, 1.165) is 24.3 Å². The maximum atomic E-state index is 5.92. The number of fused-ring (bicyclic) bond motifs is 1. The summed E-state index contributed by atoms with van der Waals surface area (Å²) in [5, 5.41) is 4.87. The minimum absolute atomic E-state index is 0.272. The van der Waals surface area contributed by atoms with Gasteiger partial charge in [0.15, 0.2) is 0 Å². The molecule has 1 aromatic carbocycles. The summed E-state index contributed by atoms with van der Waals surface area (Å²) in [5.41, 5.74) is 1.28. The van der Waals surface area contributed by atoms with Crippen LogP contribution >= 0.6 is 0 Å². The first-order valence-corrected chi connectivity index (χ1v) is 6.54. The first-order chi connectivity index (χ1) is 8.31. The molecule has 0 bridgehead atoms. The summed E-state index contributed by atoms with van der Waals surface area (Å²) in [5.74, 6) is 1.11. The fourth-order valence-corrected chi connectivity index (χ4v) is 2.90. The second kappa shape index (κ2) is 4.19. The van der Waals surface area contributed by atoms with Gasteiger partial charge in [-0.3, -0.25) is 0 Å². The molecule has 2 heteroatoms. The van der Waals surface area contributed by atoms with E-state index in [9.17, 15) is 0 Å². The number of rotatable bonds is 3. The topological polar surface area (TPSA) is 25.2 Å². The Labute approximate surface area is 102 Å². The second-order valence-electron chi connectivity index (χ2n) is 5.09. The van der Waals surface area contributed by atoms with Crippen molar-refractivity contribution in [2.24, 2.45) is 0 Å². The summed E-state index contributed by atoms with van der Waals surface area (Å²) < 4.78 is 5.92. The van der Waals surface area contributed by atoms with Crippen LogP contribution in [0.15, 0.2) is 34.7 Å². The molecule has 0 spiro atoms. The van der Waals surface area contributed by atoms with Crippen LogP contribution in [-0.4, -0.2) is 12.1 Å². The predicted octanol–water partition coefficient (Wildman–Crippen LogP) is 3.51. The Balaban J connectivity index is 1.89. The van der Waals surface area contributed by atoms with E-state index in [1.807, 2.05) is 12.1 Å². The molecule has 1 aromatic heterocycles. The van der Waals surface area contributed by atoms with Gasteiger partial charge in [-0.15, -0.1) is 0 Å². The lowest BCUT2D eigenvalue weighted by Crippen LogP contribution is -2.41. The van der Waals surface area contributed by atoms with Crippen LogP contribution in [0, 0.1) is 0 Å². The molecule has 1 aliphatic rings. The van der Waals surface area contributed by atoms with Crippen LogP contribution in [0.2, 0.25) is 0 Å². The monoisotopic (exact) mass is 229 g/mol. The number of benzene rings is 1. The summed E-state index contributed by atoms with van der Waals surface area (Å²) in [7, 11) is 0. The highest BCUT2D eigenvalue weighted by Crippen LogP contribution is 2.29. The molecule has 2 aromatic rings. The summed E-state index contributed by atoms with van der Waals surface area (Å²) in [4.78, 5) is 0. The van der Waals surface area contributed by atoms with Gasteiger partial charge in [-0.25, -0.2) is 0 Å². The fourth-order valence-electron chi connectivity index (χ4n) is 2.90. The molecule has 1 aliphatic heterocycles. The molecule has 1 N–H and O–H groups in total. The van der Waals surface area contributed by atoms with Gasteiger partial charge in [-0.2, -0.15) is 0 Å². The van der Waals surface area contributed by atoms with Crippen molar-refractivity contribution in [1.82, 2.24) is 5.32 Å². The maximum absolute atomic E-state index is 5.92. The van der Waals surface area contributed by atoms with Crippen molar-refractivity contribution < 1.29 is 4.42 Å². The van der Waals surface area contributed by atoms with Gasteiger partial charge in [-0.05, 0) is 37.9 Å². The lowest BCUT2D eigenvalue weighted by molar-refractivity contribution is 0.334. The molecule has 2 nitrogen and oxygen atoms in total. The van der Waals surface area contributed by atoms with E-state index in [0.29, 0.717) is 0 Å². The molecule has 17 heavy (non-hydrogen) atoms. The van der Waals surface area contributed by atoms with Gasteiger partial charge in [0.05, 0.1) is 0 Å². The van der Waals surface area contributed by atoms with Crippen LogP contribution in [-0.2, 0) is 6.42 Å². The summed E-state index contributed by atoms with van der Waals surface area (Å²) in [6, 6.07) is 10.4. The van der Waals surface area contributed by atoms with Crippen molar-refractivity contribution in [3.63, 3.8) is 0 Å². The quantitative estimate of drug-likeness (QED) is 0.871. The van der Waals surface area contributed by atoms with Crippen molar-refractivity contribution in [2.45, 2.75) is 38.1 Å². The largest absolute Gasteiger partial charge is 0.461 e. The zero-order valence-corrected chi connectivity index (χ0v) is 10.3. The molecule has 2 heterocycles. The van der Waals surface area contributed by atoms with E-state index in [2.05, 4.69) is 30.4 Å². The standard InChI is InChI=1S/C15H19NO/c1-2-15(8-5-9-16-15)11-13-10-12-6-3-4-7-14(12)17-13/h3-4,6-7,10,16H,2,5,8-9,11H2,1H3. The molecule has 0 amide bonds. The van der Waals surface area contributed by atoms with Gasteiger partial charge < -0.3 is 9.73 Å². The lowest BCUT2D eigenvalue weighted by atomic mass is 9.89. The molecular weight excluding hydrogens is 210 g/mol. The minimum Gasteiger partial charge on any atom is -0.461 e. The van der Waals surface area contributed by atoms with E-state index < -0.39 is 0 Å². The number of nitrogens with one attached hydrogen (secondary N) is 1. The number of para-hydroxylation sites is 1. The van der Waals surface area contributed by atoms with E-state index in [1.54, 1.807) is 0 Å². The summed E-state index contributed by atoms with van der Waals surface area (Å²) in [6.07, 6.45) is 4.73. The summed E-state index contributed by atoms with van der Waals surface area (Å²) >= 11 is 0. The van der Waals surface area contributed by atoms with Crippen molar-refractivity contribution in [3.8, 4) is 0 Å². The Morgan fingerprint density at radius 1 is 1.35 bits per heavy atom. The number of hydrogen-bond acceptors (Lipinski definition) is 2. The minimum atomic E-state index is 0.272. The van der Waals surface area contributed by atoms with Gasteiger partial charge in [-0.1, -0.05) is 25.1 Å². The first kappa shape index (κ1) is 10.8. The van der Waals surface area contributed by atoms with E-state index in [1.165, 1.54) is 24.6 Å². The van der Waals surface area contributed by atoms with Gasteiger partial charge in [0.2, 0.25) is 0 Å². The highest BCUT2D eigenvalue weighted by Gasteiger charge is 2.32. The van der Waals surface area contributed by atoms with Gasteiger partial charge >= 0.3 is 0 Å². The number of furan rings is 1. The molecule has 0 radical (unpaired) electrons. The van der Waals surface area contributed by atoms with Crippen molar-refractivity contribution in [3.05, 3.63) is 36.1 Å². The highest BCUT2D eigenvalue weighted by molar-refractivity contribution is 5.77. The summed E-state index contributed by atoms with van der Waals surface area (Å²) in [6.45, 7) is 3.41. The maximum Gasteiger partial charge on any atom is 0.134 e. The van der Waals surface area contributed by atoms with Gasteiger partial charge in [0, 0.05) is 17.3 Å². The molecule has 3 rings (SSSR count). The average Bonchev–Trinajstić information content (AvgIpc) is 2.95. The average molecular weight is 229 g/mol. The van der Waals surface area contributed by atoms with Crippen LogP contribution in [0.25, 0.3) is 11.0 Å². The third-order valence-electron chi connectivity index (χ3n) is 4.00. The molecule has 1 fully saturated rings. The third kappa shape index (κ3) is 1.98. The van der Waals surface area contributed by atoms with Crippen molar-refractivity contribution in [1.29, 1.82) is 0 Å². The molecule has 1 atom stereocenters. The van der Waals surface area contributed by atoms with E-state index >= 15 is 0 Å². The lowest BCUT2D eigenvalue weighted by Gasteiger charge is -2.26. The molecular formula is C15H19NO. The first-order valence-electron chi connectivity index (χ1n) is 6.54. The Hall–Kier alpha value is -1.28. The fraction of sp³-hybridized carbons (Fsp3) is 0.467. The zero-order valence-electron chi connectivity index (χ0n) is 10.3. The van der Waals surface area contributed by atoms with Crippen LogP contribution in [0.3, 0.4) is 0 Å². The highest BCUT2D eigenvalue weighted by atomic mass is 16.3. The second-order valence-corrected chi connectivity index (χ2v) is 5.09. The predicted molar refractivity (Wildman–Crippen MR) is 70.2 cm³/mol. The van der Waals surface area contributed by atoms with E-state index in [-0.39, 0.29) is 5.54 Å². The van der Waals surface area contributed by atoms with Gasteiger partial charge in [0.1, 0.15) is 11.3 Å². The van der Waals surface area contributed by atoms with Gasteiger partial charge in [0.25, 0.3) is 0 Å². The smallest absolute Gasteiger partial charge is 0.134 e. The molecule has 0 saturated carbocycles. The SMILES string of the molecule is CCC1(Cc2cc3ccccc3o2)CCCN1. The molecule has 90 valence electrons. The van der Waals surface area contributed by atoms with Crippen LogP contribution in [0.1, 0.15) is 31.9 Å². The zero-order chi connectivity index (χ0) is 11.7. The molecule has 0 aliphatic carbocycles. The van der Waals surface area contributed by atoms with E-state index in [4.69, 9.17) is 4.42 Å². The van der Waals surface area contributed by atoms with Crippen LogP contribution < -0.4 is 5.32 Å². The third-order valence-corrected chi connectivity index (χ3v) is 4.00. The van der Waals surface area contributed by atoms with Crippen molar-refractivity contribution in [2.75, 3.05) is 6.54 Å². The molecule has 1 unspecified atom stereocenters. The molecule has 1 saturated heterocycles. The normalized spacial score (nSPS) is 24.5. The Morgan fingerprint density at radius 3 is 2.94 bits per heavy atom. The Morgan fingerprint density at radius 2 is 2.24 bits per heavy atom. The Kier molecular flexibility index (Phi) is 2.67. The van der Waals surface area contributed by atoms with Crippen molar-refractivity contribution >= 4 is 11.0 Å². The van der Waals surface area contributed by atoms with Crippen LogP contribution in [0.4, 0.5) is 0 Å². The number of hydrogen-bond donors (Lipinski definition) is 1.